The number of rotatable bonds is 10. The summed E-state index contributed by atoms with van der Waals surface area (Å²) < 4.78 is 0. The van der Waals surface area contributed by atoms with Gasteiger partial charge in [-0.3, -0.25) is 9.69 Å². The van der Waals surface area contributed by atoms with Gasteiger partial charge >= 0.3 is 6.03 Å². The third-order valence-electron chi connectivity index (χ3n) is 4.92. The fourth-order valence-corrected chi connectivity index (χ4v) is 3.70. The molecule has 2 rings (SSSR count). The molecule has 0 radical (unpaired) electrons. The number of hydrogen-bond acceptors (Lipinski definition) is 3. The van der Waals surface area contributed by atoms with E-state index in [9.17, 15) is 9.59 Å². The van der Waals surface area contributed by atoms with Crippen molar-refractivity contribution in [2.24, 2.45) is 5.73 Å². The third kappa shape index (κ3) is 6.76. The number of nitrogens with zero attached hydrogens (tertiary/aromatic N) is 1. The van der Waals surface area contributed by atoms with Crippen molar-refractivity contribution < 1.29 is 9.59 Å². The zero-order chi connectivity index (χ0) is 21.2. The van der Waals surface area contributed by atoms with Gasteiger partial charge in [0.25, 0.3) is 0 Å². The minimum absolute atomic E-state index is 0.0480. The molecule has 2 aromatic carbocycles. The van der Waals surface area contributed by atoms with Gasteiger partial charge in [0.2, 0.25) is 5.91 Å². The van der Waals surface area contributed by atoms with Gasteiger partial charge in [0, 0.05) is 11.6 Å². The normalized spacial score (nSPS) is 13.0. The molecule has 0 saturated carbocycles. The van der Waals surface area contributed by atoms with Gasteiger partial charge in [-0.05, 0) is 30.3 Å². The first kappa shape index (κ1) is 22.7. The molecule has 0 fully saturated rings. The Hall–Kier alpha value is -2.57. The minimum atomic E-state index is -0.701. The number of carbonyl (C=O) groups is 2. The summed E-state index contributed by atoms with van der Waals surface area (Å²) in [6.07, 6.45) is 0.0480. The van der Waals surface area contributed by atoms with E-state index < -0.39 is 12.1 Å². The highest BCUT2D eigenvalue weighted by molar-refractivity contribution is 6.31. The fourth-order valence-electron chi connectivity index (χ4n) is 3.43. The van der Waals surface area contributed by atoms with Crippen LogP contribution < -0.4 is 16.4 Å². The Labute approximate surface area is 177 Å². The summed E-state index contributed by atoms with van der Waals surface area (Å²) in [4.78, 5) is 26.4. The highest BCUT2D eigenvalue weighted by Crippen LogP contribution is 2.25. The van der Waals surface area contributed by atoms with Crippen LogP contribution in [0.2, 0.25) is 5.02 Å². The molecule has 0 aliphatic heterocycles. The van der Waals surface area contributed by atoms with E-state index in [1.807, 2.05) is 18.2 Å². The Balaban J connectivity index is 2.09. The van der Waals surface area contributed by atoms with E-state index in [1.165, 1.54) is 0 Å². The van der Waals surface area contributed by atoms with Gasteiger partial charge in [-0.2, -0.15) is 0 Å². The van der Waals surface area contributed by atoms with Crippen LogP contribution in [0.1, 0.15) is 43.5 Å². The fraction of sp³-hybridized carbons (Fsp3) is 0.364. The Morgan fingerprint density at radius 2 is 1.66 bits per heavy atom. The van der Waals surface area contributed by atoms with Crippen molar-refractivity contribution in [1.29, 1.82) is 0 Å². The summed E-state index contributed by atoms with van der Waals surface area (Å²) in [7, 11) is 0. The van der Waals surface area contributed by atoms with E-state index >= 15 is 0 Å². The molecule has 0 aromatic heterocycles. The third-order valence-corrected chi connectivity index (χ3v) is 5.26. The van der Waals surface area contributed by atoms with Crippen LogP contribution in [0, 0.1) is 0 Å². The molecule has 2 aromatic rings. The lowest BCUT2D eigenvalue weighted by molar-refractivity contribution is -0.121. The van der Waals surface area contributed by atoms with Crippen LogP contribution >= 0.6 is 11.6 Å². The highest BCUT2D eigenvalue weighted by Gasteiger charge is 2.22. The molecular formula is C22H29ClN4O2. The smallest absolute Gasteiger partial charge is 0.312 e. The monoisotopic (exact) mass is 416 g/mol. The lowest BCUT2D eigenvalue weighted by Crippen LogP contribution is -2.40. The largest absolute Gasteiger partial charge is 0.354 e. The first-order valence-corrected chi connectivity index (χ1v) is 10.2. The molecule has 4 N–H and O–H groups in total. The Bertz CT molecular complexity index is 796. The quantitative estimate of drug-likeness (QED) is 0.552. The molecule has 0 heterocycles. The van der Waals surface area contributed by atoms with Gasteiger partial charge < -0.3 is 16.4 Å². The molecule has 156 valence electrons. The maximum absolute atomic E-state index is 12.7. The van der Waals surface area contributed by atoms with Crippen molar-refractivity contribution in [3.8, 4) is 0 Å². The Kier molecular flexibility index (Phi) is 8.96. The second-order valence-corrected chi connectivity index (χ2v) is 7.15. The zero-order valence-electron chi connectivity index (χ0n) is 16.9. The molecule has 7 heteroatoms. The molecular weight excluding hydrogens is 388 g/mol. The summed E-state index contributed by atoms with van der Waals surface area (Å²) in [5.41, 5.74) is 7.11. The summed E-state index contributed by atoms with van der Waals surface area (Å²) in [6, 6.07) is 16.0. The number of primary amides is 1. The molecule has 2 atom stereocenters. The molecule has 6 nitrogen and oxygen atoms in total. The number of amides is 3. The van der Waals surface area contributed by atoms with Gasteiger partial charge in [-0.25, -0.2) is 4.79 Å². The number of halogens is 1. The maximum Gasteiger partial charge on any atom is 0.312 e. The van der Waals surface area contributed by atoms with Crippen molar-refractivity contribution in [3.63, 3.8) is 0 Å². The lowest BCUT2D eigenvalue weighted by atomic mass is 10.0. The molecule has 2 unspecified atom stereocenters. The predicted octanol–water partition coefficient (Wildman–Crippen LogP) is 3.64. The van der Waals surface area contributed by atoms with Crippen molar-refractivity contribution in [3.05, 3.63) is 70.7 Å². The van der Waals surface area contributed by atoms with Crippen molar-refractivity contribution in [2.75, 3.05) is 19.6 Å². The van der Waals surface area contributed by atoms with E-state index in [2.05, 4.69) is 41.5 Å². The minimum Gasteiger partial charge on any atom is -0.354 e. The van der Waals surface area contributed by atoms with Crippen molar-refractivity contribution in [2.45, 2.75) is 32.4 Å². The number of carbonyl (C=O) groups excluding carboxylic acids is 2. The standard InChI is InChI=1S/C22H29ClN4O2/c1-3-27(4-2)20(16-10-6-5-7-11-16)15-25-21(28)14-19(26-22(24)29)17-12-8-9-13-18(17)23/h5-13,19-20H,3-4,14-15H2,1-2H3,(H,25,28)(H3,24,26,29). The van der Waals surface area contributed by atoms with Gasteiger partial charge in [0.1, 0.15) is 0 Å². The maximum atomic E-state index is 12.7. The number of nitrogens with two attached hydrogens (primary N) is 1. The van der Waals surface area contributed by atoms with Gasteiger partial charge in [0.15, 0.2) is 0 Å². The van der Waals surface area contributed by atoms with Crippen LogP contribution in [0.4, 0.5) is 4.79 Å². The van der Waals surface area contributed by atoms with E-state index in [-0.39, 0.29) is 18.4 Å². The number of urea groups is 1. The topological polar surface area (TPSA) is 87.5 Å². The second kappa shape index (κ2) is 11.4. The average molecular weight is 417 g/mol. The van der Waals surface area contributed by atoms with E-state index in [0.717, 1.165) is 18.7 Å². The van der Waals surface area contributed by atoms with Crippen LogP contribution in [0.25, 0.3) is 0 Å². The first-order chi connectivity index (χ1) is 14.0. The van der Waals surface area contributed by atoms with Crippen LogP contribution in [-0.4, -0.2) is 36.5 Å². The average Bonchev–Trinajstić information content (AvgIpc) is 2.71. The van der Waals surface area contributed by atoms with E-state index in [0.29, 0.717) is 17.1 Å². The molecule has 0 aliphatic rings. The van der Waals surface area contributed by atoms with Gasteiger partial charge in [-0.15, -0.1) is 0 Å². The highest BCUT2D eigenvalue weighted by atomic mass is 35.5. The Morgan fingerprint density at radius 1 is 1.03 bits per heavy atom. The molecule has 0 aliphatic carbocycles. The summed E-state index contributed by atoms with van der Waals surface area (Å²) in [6.45, 7) is 6.42. The van der Waals surface area contributed by atoms with Crippen LogP contribution in [0.3, 0.4) is 0 Å². The SMILES string of the molecule is CCN(CC)C(CNC(=O)CC(NC(N)=O)c1ccccc1Cl)c1ccccc1. The number of nitrogens with one attached hydrogen (secondary N) is 2. The van der Waals surface area contributed by atoms with E-state index in [4.69, 9.17) is 17.3 Å². The Morgan fingerprint density at radius 3 is 2.24 bits per heavy atom. The molecule has 29 heavy (non-hydrogen) atoms. The summed E-state index contributed by atoms with van der Waals surface area (Å²) >= 11 is 6.24. The van der Waals surface area contributed by atoms with Crippen LogP contribution in [-0.2, 0) is 4.79 Å². The molecule has 0 spiro atoms. The van der Waals surface area contributed by atoms with Crippen molar-refractivity contribution in [1.82, 2.24) is 15.5 Å². The zero-order valence-corrected chi connectivity index (χ0v) is 17.7. The molecule has 0 bridgehead atoms. The molecule has 0 saturated heterocycles. The lowest BCUT2D eigenvalue weighted by Gasteiger charge is -2.30. The predicted molar refractivity (Wildman–Crippen MR) is 117 cm³/mol. The second-order valence-electron chi connectivity index (χ2n) is 6.74. The molecule has 3 amide bonds. The van der Waals surface area contributed by atoms with Crippen molar-refractivity contribution >= 4 is 23.5 Å². The first-order valence-electron chi connectivity index (χ1n) is 9.82. The van der Waals surface area contributed by atoms with Crippen LogP contribution in [0.5, 0.6) is 0 Å². The number of hydrogen-bond donors (Lipinski definition) is 3. The van der Waals surface area contributed by atoms with Gasteiger partial charge in [-0.1, -0.05) is 74.0 Å². The van der Waals surface area contributed by atoms with E-state index in [1.54, 1.807) is 24.3 Å². The summed E-state index contributed by atoms with van der Waals surface area (Å²) in [5.74, 6) is -0.184. The van der Waals surface area contributed by atoms with Crippen LogP contribution in [0.15, 0.2) is 54.6 Å². The summed E-state index contributed by atoms with van der Waals surface area (Å²) in [5, 5.41) is 6.10. The number of likely N-dealkylation sites (N-methyl/N-ethyl adjacent to an activating group) is 1. The van der Waals surface area contributed by atoms with Gasteiger partial charge in [0.05, 0.1) is 18.5 Å². The number of benzene rings is 2.